The second-order valence-corrected chi connectivity index (χ2v) is 3.89. The van der Waals surface area contributed by atoms with Gasteiger partial charge in [0.15, 0.2) is 0 Å². The van der Waals surface area contributed by atoms with Gasteiger partial charge >= 0.3 is 11.8 Å². The average Bonchev–Trinajstić information content (AvgIpc) is 2.25. The van der Waals surface area contributed by atoms with Crippen molar-refractivity contribution in [1.29, 1.82) is 0 Å². The second-order valence-electron chi connectivity index (χ2n) is 3.89. The molecule has 1 N–H and O–H groups in total. The number of hydrogen-bond acceptors (Lipinski definition) is 3. The summed E-state index contributed by atoms with van der Waals surface area (Å²) in [4.78, 5) is 26.4. The summed E-state index contributed by atoms with van der Waals surface area (Å²) in [7, 11) is 1.83. The smallest absolute Gasteiger partial charge is 0.312 e. The Morgan fingerprint density at radius 3 is 2.44 bits per heavy atom. The minimum atomic E-state index is -0.412. The van der Waals surface area contributed by atoms with E-state index in [0.29, 0.717) is 32.7 Å². The van der Waals surface area contributed by atoms with Gasteiger partial charge < -0.3 is 15.1 Å². The Morgan fingerprint density at radius 1 is 1.31 bits per heavy atom. The molecular formula is C11H19N3O2. The summed E-state index contributed by atoms with van der Waals surface area (Å²) in [6, 6.07) is 0. The maximum absolute atomic E-state index is 11.7. The molecule has 1 aliphatic heterocycles. The van der Waals surface area contributed by atoms with Crippen LogP contribution in [0.3, 0.4) is 0 Å². The van der Waals surface area contributed by atoms with Crippen molar-refractivity contribution >= 4 is 11.8 Å². The summed E-state index contributed by atoms with van der Waals surface area (Å²) >= 11 is 0. The van der Waals surface area contributed by atoms with Crippen molar-refractivity contribution in [1.82, 2.24) is 15.1 Å². The number of amides is 2. The number of carbonyl (C=O) groups is 2. The van der Waals surface area contributed by atoms with E-state index < -0.39 is 11.8 Å². The minimum Gasteiger partial charge on any atom is -0.333 e. The monoisotopic (exact) mass is 225 g/mol. The lowest BCUT2D eigenvalue weighted by Crippen LogP contribution is -2.54. The molecule has 1 heterocycles. The maximum atomic E-state index is 11.7. The Bertz CT molecular complexity index is 302. The van der Waals surface area contributed by atoms with Gasteiger partial charge in [-0.15, -0.1) is 0 Å². The Hall–Kier alpha value is -1.36. The molecular weight excluding hydrogens is 206 g/mol. The minimum absolute atomic E-state index is 0.397. The highest BCUT2D eigenvalue weighted by molar-refractivity contribution is 6.35. The summed E-state index contributed by atoms with van der Waals surface area (Å²) in [6.45, 7) is 8.67. The van der Waals surface area contributed by atoms with Crippen LogP contribution in [0.15, 0.2) is 12.2 Å². The Morgan fingerprint density at radius 2 is 1.88 bits per heavy atom. The quantitative estimate of drug-likeness (QED) is 0.505. The van der Waals surface area contributed by atoms with Crippen molar-refractivity contribution in [2.45, 2.75) is 6.92 Å². The molecule has 0 unspecified atom stereocenters. The Kier molecular flexibility index (Phi) is 4.49. The first-order valence-electron chi connectivity index (χ1n) is 5.49. The number of nitrogens with zero attached hydrogens (tertiary/aromatic N) is 2. The van der Waals surface area contributed by atoms with E-state index >= 15 is 0 Å². The maximum Gasteiger partial charge on any atom is 0.312 e. The van der Waals surface area contributed by atoms with Crippen molar-refractivity contribution < 1.29 is 9.59 Å². The van der Waals surface area contributed by atoms with Crippen LogP contribution in [-0.4, -0.2) is 61.4 Å². The molecule has 1 rings (SSSR count). The lowest BCUT2D eigenvalue weighted by molar-refractivity contribution is -0.155. The molecule has 2 amide bonds. The zero-order valence-corrected chi connectivity index (χ0v) is 9.95. The molecule has 0 aromatic rings. The van der Waals surface area contributed by atoms with Crippen molar-refractivity contribution in [2.75, 3.05) is 39.8 Å². The van der Waals surface area contributed by atoms with Crippen LogP contribution in [0.25, 0.3) is 0 Å². The van der Waals surface area contributed by atoms with Crippen LogP contribution in [-0.2, 0) is 9.59 Å². The van der Waals surface area contributed by atoms with E-state index in [2.05, 4.69) is 11.9 Å². The first-order chi connectivity index (χ1) is 7.60. The summed E-state index contributed by atoms with van der Waals surface area (Å²) in [5.74, 6) is -0.809. The number of nitrogens with one attached hydrogen (secondary N) is 1. The molecule has 1 saturated heterocycles. The standard InChI is InChI=1S/C11H19N3O2/c1-4-13-5-6-14(11(16)10(13)15)8-9(2)7-12-3/h12H,2,4-8H2,1,3H3. The van der Waals surface area contributed by atoms with E-state index in [1.54, 1.807) is 9.80 Å². The SMILES string of the molecule is C=C(CNC)CN1CCN(CC)C(=O)C1=O. The van der Waals surface area contributed by atoms with E-state index in [0.717, 1.165) is 5.57 Å². The highest BCUT2D eigenvalue weighted by Gasteiger charge is 2.31. The topological polar surface area (TPSA) is 52.6 Å². The van der Waals surface area contributed by atoms with Crippen molar-refractivity contribution in [3.8, 4) is 0 Å². The molecule has 0 saturated carbocycles. The molecule has 0 radical (unpaired) electrons. The van der Waals surface area contributed by atoms with Crippen LogP contribution in [0.1, 0.15) is 6.92 Å². The van der Waals surface area contributed by atoms with Gasteiger partial charge in [-0.25, -0.2) is 0 Å². The van der Waals surface area contributed by atoms with Gasteiger partial charge in [-0.3, -0.25) is 9.59 Å². The fourth-order valence-electron chi connectivity index (χ4n) is 1.74. The van der Waals surface area contributed by atoms with Crippen LogP contribution in [0.4, 0.5) is 0 Å². The van der Waals surface area contributed by atoms with E-state index in [4.69, 9.17) is 0 Å². The number of likely N-dealkylation sites (N-methyl/N-ethyl adjacent to an activating group) is 2. The molecule has 0 aromatic carbocycles. The van der Waals surface area contributed by atoms with Crippen LogP contribution < -0.4 is 5.32 Å². The molecule has 0 aliphatic carbocycles. The summed E-state index contributed by atoms with van der Waals surface area (Å²) in [5.41, 5.74) is 0.911. The number of hydrogen-bond donors (Lipinski definition) is 1. The molecule has 5 heteroatoms. The highest BCUT2D eigenvalue weighted by Crippen LogP contribution is 2.06. The third-order valence-electron chi connectivity index (χ3n) is 2.62. The fourth-order valence-corrected chi connectivity index (χ4v) is 1.74. The third kappa shape index (κ3) is 2.82. The van der Waals surface area contributed by atoms with Gasteiger partial charge in [0, 0.05) is 32.7 Å². The molecule has 16 heavy (non-hydrogen) atoms. The van der Waals surface area contributed by atoms with Crippen LogP contribution in [0.5, 0.6) is 0 Å². The molecule has 5 nitrogen and oxygen atoms in total. The largest absolute Gasteiger partial charge is 0.333 e. The first-order valence-corrected chi connectivity index (χ1v) is 5.49. The molecule has 1 aliphatic rings. The van der Waals surface area contributed by atoms with E-state index in [1.807, 2.05) is 14.0 Å². The lowest BCUT2D eigenvalue weighted by atomic mass is 10.2. The first kappa shape index (κ1) is 12.7. The average molecular weight is 225 g/mol. The Balaban J connectivity index is 2.55. The summed E-state index contributed by atoms with van der Waals surface area (Å²) in [5, 5.41) is 2.97. The molecule has 0 aromatic heterocycles. The third-order valence-corrected chi connectivity index (χ3v) is 2.62. The fraction of sp³-hybridized carbons (Fsp3) is 0.636. The van der Waals surface area contributed by atoms with Gasteiger partial charge in [-0.05, 0) is 19.5 Å². The number of piperazine rings is 1. The predicted molar refractivity (Wildman–Crippen MR) is 61.9 cm³/mol. The van der Waals surface area contributed by atoms with Crippen molar-refractivity contribution in [3.05, 3.63) is 12.2 Å². The van der Waals surface area contributed by atoms with Gasteiger partial charge in [0.25, 0.3) is 0 Å². The zero-order chi connectivity index (χ0) is 12.1. The van der Waals surface area contributed by atoms with Gasteiger partial charge in [0.05, 0.1) is 0 Å². The molecule has 0 bridgehead atoms. The van der Waals surface area contributed by atoms with Crippen LogP contribution >= 0.6 is 0 Å². The van der Waals surface area contributed by atoms with Crippen LogP contribution in [0.2, 0.25) is 0 Å². The van der Waals surface area contributed by atoms with Crippen LogP contribution in [0, 0.1) is 0 Å². The highest BCUT2D eigenvalue weighted by atomic mass is 16.2. The number of carbonyl (C=O) groups excluding carboxylic acids is 2. The summed E-state index contributed by atoms with van der Waals surface area (Å²) in [6.07, 6.45) is 0. The van der Waals surface area contributed by atoms with Gasteiger partial charge in [0.2, 0.25) is 0 Å². The molecule has 90 valence electrons. The zero-order valence-electron chi connectivity index (χ0n) is 9.95. The second kappa shape index (κ2) is 5.65. The predicted octanol–water partition coefficient (Wildman–Crippen LogP) is -0.547. The van der Waals surface area contributed by atoms with Gasteiger partial charge in [0.1, 0.15) is 0 Å². The molecule has 0 spiro atoms. The van der Waals surface area contributed by atoms with Gasteiger partial charge in [-0.1, -0.05) is 6.58 Å². The van der Waals surface area contributed by atoms with Crippen molar-refractivity contribution in [3.63, 3.8) is 0 Å². The summed E-state index contributed by atoms with van der Waals surface area (Å²) < 4.78 is 0. The van der Waals surface area contributed by atoms with Crippen molar-refractivity contribution in [2.24, 2.45) is 0 Å². The number of rotatable bonds is 5. The molecule has 0 atom stereocenters. The van der Waals surface area contributed by atoms with E-state index in [1.165, 1.54) is 0 Å². The lowest BCUT2D eigenvalue weighted by Gasteiger charge is -2.33. The van der Waals surface area contributed by atoms with E-state index in [-0.39, 0.29) is 0 Å². The Labute approximate surface area is 96.1 Å². The van der Waals surface area contributed by atoms with Gasteiger partial charge in [-0.2, -0.15) is 0 Å². The van der Waals surface area contributed by atoms with E-state index in [9.17, 15) is 9.59 Å². The molecule has 1 fully saturated rings. The normalized spacial score (nSPS) is 16.9.